The van der Waals surface area contributed by atoms with E-state index in [0.29, 0.717) is 5.75 Å². The zero-order chi connectivity index (χ0) is 13.8. The van der Waals surface area contributed by atoms with Crippen molar-refractivity contribution in [1.29, 1.82) is 0 Å². The molecular weight excluding hydrogens is 314 g/mol. The van der Waals surface area contributed by atoms with E-state index in [9.17, 15) is 10.0 Å². The average molecular weight is 323 g/mol. The minimum absolute atomic E-state index is 0.0368. The molecule has 19 heavy (non-hydrogen) atoms. The molecule has 0 saturated heterocycles. The summed E-state index contributed by atoms with van der Waals surface area (Å²) in [5, 5.41) is 19.2. The fraction of sp³-hybridized carbons (Fsp3) is 0. The Kier molecular flexibility index (Phi) is 4.16. The number of hydrogen-bond donors (Lipinski definition) is 1. The van der Waals surface area contributed by atoms with Crippen LogP contribution in [0.1, 0.15) is 10.4 Å². The van der Waals surface area contributed by atoms with Crippen LogP contribution >= 0.6 is 15.9 Å². The Morgan fingerprint density at radius 3 is 2.53 bits per heavy atom. The zero-order valence-corrected chi connectivity index (χ0v) is 11.2. The van der Waals surface area contributed by atoms with E-state index in [1.54, 1.807) is 24.3 Å². The molecule has 0 atom stereocenters. The van der Waals surface area contributed by atoms with Crippen LogP contribution < -0.4 is 9.96 Å². The van der Waals surface area contributed by atoms with E-state index in [-0.39, 0.29) is 16.5 Å². The highest BCUT2D eigenvalue weighted by Crippen LogP contribution is 2.19. The summed E-state index contributed by atoms with van der Waals surface area (Å²) >= 11 is 3.27. The van der Waals surface area contributed by atoms with Gasteiger partial charge in [-0.3, -0.25) is 5.21 Å². The Morgan fingerprint density at radius 2 is 1.89 bits per heavy atom. The Bertz CT molecular complexity index is 583. The molecule has 0 saturated carbocycles. The Hall–Kier alpha value is -1.89. The topological polar surface area (TPSA) is 72.8 Å². The van der Waals surface area contributed by atoms with Crippen LogP contribution in [0.25, 0.3) is 0 Å². The van der Waals surface area contributed by atoms with Gasteiger partial charge in [0.2, 0.25) is 0 Å². The highest BCUT2D eigenvalue weighted by Gasteiger charge is 2.09. The van der Waals surface area contributed by atoms with E-state index in [0.717, 1.165) is 4.47 Å². The number of halogens is 1. The van der Waals surface area contributed by atoms with Crippen LogP contribution in [0.3, 0.4) is 0 Å². The molecule has 0 spiro atoms. The van der Waals surface area contributed by atoms with Crippen LogP contribution in [0.15, 0.2) is 53.0 Å². The van der Waals surface area contributed by atoms with Gasteiger partial charge in [0.15, 0.2) is 0 Å². The van der Waals surface area contributed by atoms with Crippen LogP contribution in [0, 0.1) is 5.21 Å². The summed E-state index contributed by atoms with van der Waals surface area (Å²) in [5.41, 5.74) is 0.139. The molecule has 0 aliphatic rings. The molecule has 1 N–H and O–H groups in total. The number of hydrogen-bond acceptors (Lipinski definition) is 5. The van der Waals surface area contributed by atoms with Gasteiger partial charge in [-0.1, -0.05) is 22.0 Å². The van der Waals surface area contributed by atoms with Crippen LogP contribution in [-0.2, 0) is 0 Å². The summed E-state index contributed by atoms with van der Waals surface area (Å²) in [4.78, 5) is 11.8. The van der Waals surface area contributed by atoms with Crippen LogP contribution in [0.5, 0.6) is 5.75 Å². The number of anilines is 1. The van der Waals surface area contributed by atoms with Crippen molar-refractivity contribution in [3.63, 3.8) is 0 Å². The summed E-state index contributed by atoms with van der Waals surface area (Å²) in [6.45, 7) is 0. The van der Waals surface area contributed by atoms with Gasteiger partial charge in [0.25, 0.3) is 0 Å². The Morgan fingerprint density at radius 1 is 1.21 bits per heavy atom. The summed E-state index contributed by atoms with van der Waals surface area (Å²) < 4.78 is 6.00. The third-order valence-corrected chi connectivity index (χ3v) is 2.86. The lowest BCUT2D eigenvalue weighted by Crippen LogP contribution is -2.11. The van der Waals surface area contributed by atoms with Crippen molar-refractivity contribution in [1.82, 2.24) is 0 Å². The van der Waals surface area contributed by atoms with Crippen molar-refractivity contribution in [3.05, 3.63) is 63.8 Å². The van der Waals surface area contributed by atoms with Crippen LogP contribution in [0.4, 0.5) is 5.69 Å². The summed E-state index contributed by atoms with van der Waals surface area (Å²) in [6.07, 6.45) is 0. The maximum absolute atomic E-state index is 11.8. The molecule has 0 unspecified atom stereocenters. The lowest BCUT2D eigenvalue weighted by molar-refractivity contribution is 0.0735. The van der Waals surface area contributed by atoms with Gasteiger partial charge in [0, 0.05) is 4.47 Å². The van der Waals surface area contributed by atoms with Crippen molar-refractivity contribution in [2.45, 2.75) is 0 Å². The molecule has 6 heteroatoms. The molecule has 0 aliphatic carbocycles. The van der Waals surface area contributed by atoms with Crippen molar-refractivity contribution < 1.29 is 14.7 Å². The molecule has 2 aromatic rings. The van der Waals surface area contributed by atoms with Crippen molar-refractivity contribution in [2.75, 3.05) is 5.23 Å². The van der Waals surface area contributed by atoms with Crippen LogP contribution in [-0.4, -0.2) is 11.2 Å². The number of carbonyl (C=O) groups is 1. The average Bonchev–Trinajstić information content (AvgIpc) is 2.41. The van der Waals surface area contributed by atoms with Gasteiger partial charge in [-0.05, 0) is 42.5 Å². The lowest BCUT2D eigenvalue weighted by Gasteiger charge is -2.21. The van der Waals surface area contributed by atoms with Gasteiger partial charge >= 0.3 is 5.97 Å². The monoisotopic (exact) mass is 322 g/mol. The molecule has 0 radical (unpaired) electrons. The van der Waals surface area contributed by atoms with Gasteiger partial charge in [-0.15, -0.1) is 0 Å². The first-order chi connectivity index (χ1) is 9.06. The number of rotatable bonds is 3. The standard InChI is InChI=1S/C13H9BrNO4/c14-10-4-6-12(7-5-10)19-13(16)9-2-1-3-11(8-9)15(17)18/h1-8,17H/q-1. The summed E-state index contributed by atoms with van der Waals surface area (Å²) in [7, 11) is 0. The quantitative estimate of drug-likeness (QED) is 0.533. The zero-order valence-electron chi connectivity index (χ0n) is 9.62. The summed E-state index contributed by atoms with van der Waals surface area (Å²) in [6, 6.07) is 12.4. The molecule has 5 nitrogen and oxygen atoms in total. The number of nitrogens with zero attached hydrogens (tertiary/aromatic N) is 1. The fourth-order valence-corrected chi connectivity index (χ4v) is 1.68. The van der Waals surface area contributed by atoms with Gasteiger partial charge < -0.3 is 15.2 Å². The molecule has 0 amide bonds. The van der Waals surface area contributed by atoms with Gasteiger partial charge in [-0.25, -0.2) is 4.79 Å². The van der Waals surface area contributed by atoms with E-state index in [2.05, 4.69) is 15.9 Å². The van der Waals surface area contributed by atoms with E-state index in [1.165, 1.54) is 24.3 Å². The minimum Gasteiger partial charge on any atom is -0.733 e. The molecule has 0 fully saturated rings. The fourth-order valence-electron chi connectivity index (χ4n) is 1.42. The summed E-state index contributed by atoms with van der Waals surface area (Å²) in [5.74, 6) is -0.215. The maximum atomic E-state index is 11.8. The molecule has 2 aromatic carbocycles. The van der Waals surface area contributed by atoms with E-state index in [1.807, 2.05) is 0 Å². The first-order valence-electron chi connectivity index (χ1n) is 5.30. The van der Waals surface area contributed by atoms with Crippen LogP contribution in [0.2, 0.25) is 0 Å². The molecule has 0 heterocycles. The molecule has 0 aliphatic heterocycles. The highest BCUT2D eigenvalue weighted by molar-refractivity contribution is 9.10. The maximum Gasteiger partial charge on any atom is 0.343 e. The predicted octanol–water partition coefficient (Wildman–Crippen LogP) is 3.36. The van der Waals surface area contributed by atoms with Gasteiger partial charge in [0.1, 0.15) is 5.75 Å². The number of benzene rings is 2. The Labute approximate surface area is 117 Å². The number of ether oxygens (including phenoxy) is 1. The van der Waals surface area contributed by atoms with Gasteiger partial charge in [-0.2, -0.15) is 0 Å². The molecule has 0 bridgehead atoms. The second-order valence-corrected chi connectivity index (χ2v) is 4.58. The molecule has 0 aromatic heterocycles. The predicted molar refractivity (Wildman–Crippen MR) is 73.2 cm³/mol. The second-order valence-electron chi connectivity index (χ2n) is 3.67. The number of carbonyl (C=O) groups excluding carboxylic acids is 1. The van der Waals surface area contributed by atoms with Gasteiger partial charge in [0.05, 0.1) is 11.3 Å². The van der Waals surface area contributed by atoms with E-state index in [4.69, 9.17) is 9.94 Å². The van der Waals surface area contributed by atoms with Crippen molar-refractivity contribution in [2.24, 2.45) is 0 Å². The largest absolute Gasteiger partial charge is 0.733 e. The molecular formula is C13H9BrNO4-. The molecule has 2 rings (SSSR count). The lowest BCUT2D eigenvalue weighted by atomic mass is 10.2. The second kappa shape index (κ2) is 5.83. The first kappa shape index (κ1) is 13.5. The minimum atomic E-state index is -0.606. The SMILES string of the molecule is O=C(Oc1ccc(Br)cc1)c1cccc(N([O-])O)c1. The third kappa shape index (κ3) is 3.54. The highest BCUT2D eigenvalue weighted by atomic mass is 79.9. The molecule has 98 valence electrons. The number of esters is 1. The van der Waals surface area contributed by atoms with Crippen molar-refractivity contribution in [3.8, 4) is 5.75 Å². The van der Waals surface area contributed by atoms with E-state index < -0.39 is 5.97 Å². The third-order valence-electron chi connectivity index (χ3n) is 2.33. The first-order valence-corrected chi connectivity index (χ1v) is 6.09. The van der Waals surface area contributed by atoms with Crippen molar-refractivity contribution >= 4 is 27.6 Å². The Balaban J connectivity index is 2.15. The smallest absolute Gasteiger partial charge is 0.343 e. The normalized spacial score (nSPS) is 10.1. The van der Waals surface area contributed by atoms with E-state index >= 15 is 0 Å².